The lowest BCUT2D eigenvalue weighted by Gasteiger charge is -2.40. The number of imidazole rings is 1. The number of imide groups is 1. The summed E-state index contributed by atoms with van der Waals surface area (Å²) in [5.74, 6) is -9.64. The van der Waals surface area contributed by atoms with Gasteiger partial charge in [0.05, 0.1) is 23.8 Å². The van der Waals surface area contributed by atoms with E-state index in [0.29, 0.717) is 31.5 Å². The smallest absolute Gasteiger partial charge is 0.480 e. The second-order valence-corrected chi connectivity index (χ2v) is 20.5. The van der Waals surface area contributed by atoms with E-state index in [-0.39, 0.29) is 99.0 Å². The van der Waals surface area contributed by atoms with Crippen molar-refractivity contribution in [2.24, 2.45) is 23.0 Å². The molecule has 6 amide bonds. The van der Waals surface area contributed by atoms with Gasteiger partial charge in [0.2, 0.25) is 23.6 Å². The Balaban J connectivity index is 0.00000219. The average Bonchev–Trinajstić information content (AvgIpc) is 3.94. The standard InChI is InChI=1S/C52H70F2N8O10.C2HF3O2/c1-32(2)46(59-42(65)18-11-8-14-25-61-43(66)21-22-44(61)67)41(64)27-33(3)49(69)58-39(51(71)72)17-12-13-24-56-50(70)38(55)23-26-62(45(68)31-63)47(52(4,5)6)48-57-40(36-28-35(53)19-20-37(36)54)30-60(48)29-34-15-9-7-10-16-34;3-2(4,5)1(6)7/h7,9-10,15-16,19-22,28,30,32-33,38-39,46-47,63H,8,11-14,17-18,23-27,29,31,55H2,1-6H3,(H,56,70)(H,58,69)(H,59,65)(H,71,72);(H,6,7)/t33-,38+,39+,46+,47+;/m1./s1. The fraction of sp³-hybridized carbons (Fsp3) is 0.519. The number of halogens is 5. The van der Waals surface area contributed by atoms with E-state index in [0.717, 1.165) is 28.7 Å². The third kappa shape index (κ3) is 21.1. The minimum absolute atomic E-state index is 0.00982. The quantitative estimate of drug-likeness (QED) is 0.0267. The normalized spacial score (nSPS) is 14.4. The summed E-state index contributed by atoms with van der Waals surface area (Å²) in [6.07, 6.45) is 0.919. The van der Waals surface area contributed by atoms with E-state index in [2.05, 4.69) is 16.0 Å². The first-order chi connectivity index (χ1) is 37.0. The summed E-state index contributed by atoms with van der Waals surface area (Å²) in [6.45, 7) is 10.2. The summed E-state index contributed by atoms with van der Waals surface area (Å²) in [4.78, 5) is 118. The first-order valence-electron chi connectivity index (χ1n) is 25.7. The molecule has 0 unspecified atom stereocenters. The van der Waals surface area contributed by atoms with Gasteiger partial charge in [-0.25, -0.2) is 23.4 Å². The Morgan fingerprint density at radius 2 is 1.46 bits per heavy atom. The number of hydrogen-bond donors (Lipinski definition) is 7. The van der Waals surface area contributed by atoms with Crippen molar-refractivity contribution in [3.63, 3.8) is 0 Å². The van der Waals surface area contributed by atoms with E-state index >= 15 is 4.39 Å². The fourth-order valence-electron chi connectivity index (χ4n) is 8.43. The molecule has 5 atom stereocenters. The van der Waals surface area contributed by atoms with Crippen molar-refractivity contribution in [3.8, 4) is 11.3 Å². The highest BCUT2D eigenvalue weighted by Crippen LogP contribution is 2.40. The molecular formula is C54H71F5N8O12. The predicted octanol–water partition coefficient (Wildman–Crippen LogP) is 5.21. The number of nitrogens with zero attached hydrogens (tertiary/aromatic N) is 4. The van der Waals surface area contributed by atoms with Gasteiger partial charge in [-0.2, -0.15) is 13.2 Å². The van der Waals surface area contributed by atoms with Crippen LogP contribution in [0.25, 0.3) is 11.3 Å². The summed E-state index contributed by atoms with van der Waals surface area (Å²) in [7, 11) is 0. The number of hydrogen-bond acceptors (Lipinski definition) is 12. The van der Waals surface area contributed by atoms with Gasteiger partial charge in [0.25, 0.3) is 11.8 Å². The molecule has 1 aliphatic rings. The van der Waals surface area contributed by atoms with E-state index < -0.39 is 89.6 Å². The molecule has 1 aliphatic heterocycles. The molecule has 1 aromatic heterocycles. The number of unbranched alkanes of at least 4 members (excludes halogenated alkanes) is 3. The SMILES string of the molecule is CC(C)[C@H](NC(=O)CCCCCN1C(=O)C=CC1=O)C(=O)C[C@@H](C)C(=O)N[C@@H](CCCCNC(=O)[C@@H](N)CCN(C(=O)CO)[C@@H](c1nc(-c2cc(F)ccc2F)cn1Cc1ccccc1)C(C)(C)C)C(=O)O.O=C(O)C(F)(F)F. The third-order valence-corrected chi connectivity index (χ3v) is 12.6. The van der Waals surface area contributed by atoms with Gasteiger partial charge >= 0.3 is 18.1 Å². The Labute approximate surface area is 454 Å². The zero-order chi connectivity index (χ0) is 59.4. The molecule has 8 N–H and O–H groups in total. The monoisotopic (exact) mass is 1120 g/mol. The molecule has 3 aromatic rings. The molecule has 0 fully saturated rings. The van der Waals surface area contributed by atoms with E-state index in [1.165, 1.54) is 24.0 Å². The van der Waals surface area contributed by atoms with Crippen LogP contribution in [0.1, 0.15) is 117 Å². The lowest BCUT2D eigenvalue weighted by atomic mass is 9.84. The van der Waals surface area contributed by atoms with Crippen LogP contribution in [0.15, 0.2) is 66.9 Å². The maximum Gasteiger partial charge on any atom is 0.490 e. The molecular weight excluding hydrogens is 1050 g/mol. The lowest BCUT2D eigenvalue weighted by molar-refractivity contribution is -0.192. The number of aromatic nitrogens is 2. The molecule has 2 aromatic carbocycles. The van der Waals surface area contributed by atoms with Crippen LogP contribution in [0, 0.1) is 28.9 Å². The summed E-state index contributed by atoms with van der Waals surface area (Å²) in [5, 5.41) is 35.1. The minimum Gasteiger partial charge on any atom is -0.480 e. The number of benzene rings is 2. The lowest BCUT2D eigenvalue weighted by Crippen LogP contribution is -2.48. The largest absolute Gasteiger partial charge is 0.490 e. The Bertz CT molecular complexity index is 2620. The predicted molar refractivity (Wildman–Crippen MR) is 277 cm³/mol. The number of carbonyl (C=O) groups excluding carboxylic acids is 7. The van der Waals surface area contributed by atoms with Crippen LogP contribution < -0.4 is 21.7 Å². The van der Waals surface area contributed by atoms with Gasteiger partial charge in [-0.15, -0.1) is 0 Å². The Morgan fingerprint density at radius 3 is 2.03 bits per heavy atom. The zero-order valence-corrected chi connectivity index (χ0v) is 45.0. The van der Waals surface area contributed by atoms with E-state index in [4.69, 9.17) is 20.6 Å². The van der Waals surface area contributed by atoms with Crippen molar-refractivity contribution in [2.45, 2.75) is 136 Å². The van der Waals surface area contributed by atoms with Gasteiger partial charge in [-0.05, 0) is 73.6 Å². The van der Waals surface area contributed by atoms with Crippen molar-refractivity contribution < 1.29 is 80.4 Å². The van der Waals surface area contributed by atoms with Crippen LogP contribution in [0.2, 0.25) is 0 Å². The fourth-order valence-corrected chi connectivity index (χ4v) is 8.43. The van der Waals surface area contributed by atoms with Gasteiger partial charge in [-0.3, -0.25) is 38.5 Å². The first kappa shape index (κ1) is 65.9. The highest BCUT2D eigenvalue weighted by Gasteiger charge is 2.40. The maximum absolute atomic E-state index is 15.1. The van der Waals surface area contributed by atoms with Gasteiger partial charge < -0.3 is 46.5 Å². The number of rotatable bonds is 29. The van der Waals surface area contributed by atoms with Gasteiger partial charge in [-0.1, -0.05) is 78.3 Å². The van der Waals surface area contributed by atoms with Crippen molar-refractivity contribution in [3.05, 3.63) is 89.9 Å². The summed E-state index contributed by atoms with van der Waals surface area (Å²) in [6, 6.07) is 8.25. The van der Waals surface area contributed by atoms with Crippen molar-refractivity contribution in [1.29, 1.82) is 0 Å². The Morgan fingerprint density at radius 1 is 0.823 bits per heavy atom. The minimum atomic E-state index is -5.08. The second-order valence-electron chi connectivity index (χ2n) is 20.5. The van der Waals surface area contributed by atoms with Gasteiger partial charge in [0, 0.05) is 68.9 Å². The van der Waals surface area contributed by atoms with Crippen LogP contribution in [-0.4, -0.2) is 138 Å². The molecule has 0 spiro atoms. The number of aliphatic hydroxyl groups excluding tert-OH is 1. The Kier molecular flexibility index (Phi) is 25.6. The second kappa shape index (κ2) is 30.7. The number of nitrogens with one attached hydrogen (secondary N) is 3. The molecule has 0 saturated carbocycles. The molecule has 0 radical (unpaired) electrons. The average molecular weight is 1120 g/mol. The van der Waals surface area contributed by atoms with Crippen LogP contribution >= 0.6 is 0 Å². The number of nitrogens with two attached hydrogens (primary N) is 1. The van der Waals surface area contributed by atoms with E-state index in [1.807, 2.05) is 51.1 Å². The van der Waals surface area contributed by atoms with Crippen LogP contribution in [0.3, 0.4) is 0 Å². The molecule has 434 valence electrons. The number of Topliss-reactive ketones (excluding diaryl/α,β-unsaturated/α-hetero) is 1. The highest BCUT2D eigenvalue weighted by molar-refractivity contribution is 6.12. The highest BCUT2D eigenvalue weighted by atomic mass is 19.4. The molecule has 2 heterocycles. The van der Waals surface area contributed by atoms with Crippen molar-refractivity contribution >= 4 is 53.2 Å². The van der Waals surface area contributed by atoms with Gasteiger partial charge in [0.1, 0.15) is 30.1 Å². The molecule has 20 nitrogen and oxygen atoms in total. The molecule has 0 bridgehead atoms. The number of amides is 6. The summed E-state index contributed by atoms with van der Waals surface area (Å²) >= 11 is 0. The maximum atomic E-state index is 15.1. The van der Waals surface area contributed by atoms with Crippen LogP contribution in [0.4, 0.5) is 22.0 Å². The number of carboxylic acids is 2. The van der Waals surface area contributed by atoms with Crippen LogP contribution in [-0.2, 0) is 49.7 Å². The molecule has 0 aliphatic carbocycles. The summed E-state index contributed by atoms with van der Waals surface area (Å²) in [5.41, 5.74) is 6.50. The Hall–Kier alpha value is -7.41. The third-order valence-electron chi connectivity index (χ3n) is 12.6. The van der Waals surface area contributed by atoms with E-state index in [1.54, 1.807) is 24.6 Å². The molecule has 0 saturated heterocycles. The number of carbonyl (C=O) groups is 9. The number of carboxylic acid groups (broad SMARTS) is 2. The van der Waals surface area contributed by atoms with Crippen LogP contribution in [0.5, 0.6) is 0 Å². The van der Waals surface area contributed by atoms with Crippen molar-refractivity contribution in [2.75, 3.05) is 26.2 Å². The number of aliphatic hydroxyl groups is 1. The first-order valence-corrected chi connectivity index (χ1v) is 25.7. The summed E-state index contributed by atoms with van der Waals surface area (Å²) < 4.78 is 63.0. The number of aliphatic carboxylic acids is 2. The van der Waals surface area contributed by atoms with Crippen molar-refractivity contribution in [1.82, 2.24) is 35.3 Å². The number of alkyl halides is 3. The molecule has 25 heteroatoms. The number of ketones is 1. The topological polar surface area (TPSA) is 301 Å². The molecule has 79 heavy (non-hydrogen) atoms. The molecule has 4 rings (SSSR count). The van der Waals surface area contributed by atoms with Gasteiger partial charge in [0.15, 0.2) is 5.78 Å². The zero-order valence-electron chi connectivity index (χ0n) is 45.0. The van der Waals surface area contributed by atoms with E-state index in [9.17, 15) is 66.1 Å².